The summed E-state index contributed by atoms with van der Waals surface area (Å²) < 4.78 is 0. The predicted molar refractivity (Wildman–Crippen MR) is 78.8 cm³/mol. The molecule has 4 unspecified atom stereocenters. The molecule has 0 spiro atoms. The lowest BCUT2D eigenvalue weighted by Gasteiger charge is -2.47. The van der Waals surface area contributed by atoms with Gasteiger partial charge in [-0.15, -0.1) is 0 Å². The molecule has 3 aliphatic rings. The highest BCUT2D eigenvalue weighted by atomic mass is 14.6. The highest BCUT2D eigenvalue weighted by molar-refractivity contribution is 6.40. The van der Waals surface area contributed by atoms with Crippen LogP contribution in [0.1, 0.15) is 59.3 Å². The van der Waals surface area contributed by atoms with Gasteiger partial charge in [0.25, 0.3) is 0 Å². The van der Waals surface area contributed by atoms with Crippen molar-refractivity contribution in [1.29, 1.82) is 0 Å². The van der Waals surface area contributed by atoms with Crippen LogP contribution >= 0.6 is 0 Å². The smallest absolute Gasteiger partial charge is 0.0631 e. The van der Waals surface area contributed by atoms with Crippen LogP contribution in [0.4, 0.5) is 0 Å². The molecule has 0 amide bonds. The Hall–Kier alpha value is 0.130. The third-order valence-electron chi connectivity index (χ3n) is 7.12. The zero-order valence-corrected chi connectivity index (χ0v) is 12.3. The Kier molecular flexibility index (Phi) is 2.96. The van der Waals surface area contributed by atoms with Crippen molar-refractivity contribution in [3.05, 3.63) is 0 Å². The van der Waals surface area contributed by atoms with Gasteiger partial charge >= 0.3 is 0 Å². The first-order valence-corrected chi connectivity index (χ1v) is 7.94. The van der Waals surface area contributed by atoms with Crippen LogP contribution in [-0.4, -0.2) is 15.7 Å². The van der Waals surface area contributed by atoms with Crippen LogP contribution in [0.2, 0.25) is 5.21 Å². The molecule has 3 fully saturated rings. The summed E-state index contributed by atoms with van der Waals surface area (Å²) in [5.74, 6) is 4.52. The first-order valence-electron chi connectivity index (χ1n) is 7.94. The van der Waals surface area contributed by atoms with Crippen LogP contribution in [0.25, 0.3) is 0 Å². The van der Waals surface area contributed by atoms with Gasteiger partial charge in [0, 0.05) is 0 Å². The molecule has 3 rings (SSSR count). The summed E-state index contributed by atoms with van der Waals surface area (Å²) in [6.07, 6.45) is 8.17. The first kappa shape index (κ1) is 13.1. The van der Waals surface area contributed by atoms with Gasteiger partial charge in [0.05, 0.1) is 15.7 Å². The van der Waals surface area contributed by atoms with Crippen LogP contribution in [-0.2, 0) is 0 Å². The normalized spacial score (nSPS) is 43.4. The van der Waals surface area contributed by atoms with Gasteiger partial charge in [0.2, 0.25) is 0 Å². The summed E-state index contributed by atoms with van der Waals surface area (Å²) in [6.45, 7) is 6.71. The number of hydrogen-bond acceptors (Lipinski definition) is 0. The van der Waals surface area contributed by atoms with Crippen molar-refractivity contribution >= 4 is 15.7 Å². The molecule has 0 aromatic heterocycles. The Labute approximate surface area is 115 Å². The molecule has 0 heterocycles. The molecule has 4 radical (unpaired) electrons. The van der Waals surface area contributed by atoms with E-state index >= 15 is 0 Å². The molecule has 0 saturated heterocycles. The quantitative estimate of drug-likeness (QED) is 0.655. The van der Waals surface area contributed by atoms with Crippen LogP contribution in [0.15, 0.2) is 0 Å². The zero-order chi connectivity index (χ0) is 13.1. The molecule has 4 atom stereocenters. The molecule has 0 aliphatic heterocycles. The van der Waals surface area contributed by atoms with Crippen molar-refractivity contribution in [3.63, 3.8) is 0 Å². The van der Waals surface area contributed by atoms with Crippen molar-refractivity contribution in [2.75, 3.05) is 0 Å². The fraction of sp³-hybridized carbons (Fsp3) is 1.00. The molecular weight excluding hydrogens is 214 g/mol. The lowest BCUT2D eigenvalue weighted by molar-refractivity contribution is 0.215. The van der Waals surface area contributed by atoms with E-state index < -0.39 is 5.21 Å². The zero-order valence-electron chi connectivity index (χ0n) is 12.3. The Bertz CT molecular complexity index is 316. The molecule has 2 heteroatoms. The van der Waals surface area contributed by atoms with E-state index in [1.165, 1.54) is 32.1 Å². The highest BCUT2D eigenvalue weighted by Gasteiger charge is 2.55. The van der Waals surface area contributed by atoms with E-state index in [1.54, 1.807) is 0 Å². The summed E-state index contributed by atoms with van der Waals surface area (Å²) in [7, 11) is 13.2. The van der Waals surface area contributed by atoms with E-state index in [4.69, 9.17) is 15.7 Å². The van der Waals surface area contributed by atoms with E-state index in [1.807, 2.05) is 0 Å². The molecule has 0 aromatic rings. The number of fused-ring (bicyclic) bond motifs is 5. The van der Waals surface area contributed by atoms with Crippen molar-refractivity contribution in [2.45, 2.75) is 64.5 Å². The van der Waals surface area contributed by atoms with Gasteiger partial charge in [-0.25, -0.2) is 0 Å². The van der Waals surface area contributed by atoms with E-state index in [-0.39, 0.29) is 5.41 Å². The van der Waals surface area contributed by atoms with E-state index in [2.05, 4.69) is 20.8 Å². The summed E-state index contributed by atoms with van der Waals surface area (Å²) >= 11 is 0. The van der Waals surface area contributed by atoms with Crippen LogP contribution in [0.5, 0.6) is 0 Å². The Morgan fingerprint density at radius 1 is 0.944 bits per heavy atom. The maximum Gasteiger partial charge on any atom is 0.0631 e. The molecule has 2 bridgehead atoms. The van der Waals surface area contributed by atoms with Crippen LogP contribution < -0.4 is 0 Å². The fourth-order valence-electron chi connectivity index (χ4n) is 5.27. The minimum absolute atomic E-state index is 0.0509. The monoisotopic (exact) mass is 240 g/mol. The van der Waals surface area contributed by atoms with Crippen molar-refractivity contribution in [3.8, 4) is 0 Å². The molecule has 96 valence electrons. The highest BCUT2D eigenvalue weighted by Crippen LogP contribution is 2.65. The van der Waals surface area contributed by atoms with Gasteiger partial charge in [-0.2, -0.15) is 0 Å². The molecule has 0 N–H and O–H groups in total. The Morgan fingerprint density at radius 3 is 1.89 bits per heavy atom. The van der Waals surface area contributed by atoms with E-state index in [0.717, 1.165) is 30.1 Å². The average Bonchev–Trinajstić information content (AvgIpc) is 3.00. The molecule has 18 heavy (non-hydrogen) atoms. The second-order valence-electron chi connectivity index (χ2n) is 8.00. The van der Waals surface area contributed by atoms with Gasteiger partial charge in [-0.05, 0) is 61.2 Å². The Balaban J connectivity index is 1.76. The minimum atomic E-state index is -0.481. The topological polar surface area (TPSA) is 0 Å². The molecule has 3 aliphatic carbocycles. The van der Waals surface area contributed by atoms with Gasteiger partial charge in [-0.3, -0.25) is 0 Å². The van der Waals surface area contributed by atoms with Crippen molar-refractivity contribution in [1.82, 2.24) is 0 Å². The van der Waals surface area contributed by atoms with Crippen molar-refractivity contribution < 1.29 is 0 Å². The third-order valence-corrected chi connectivity index (χ3v) is 7.12. The summed E-state index contributed by atoms with van der Waals surface area (Å²) in [5.41, 5.74) is 0.0509. The molecule has 0 nitrogen and oxygen atoms in total. The lowest BCUT2D eigenvalue weighted by atomic mass is 9.37. The largest absolute Gasteiger partial charge is 0.0913 e. The summed E-state index contributed by atoms with van der Waals surface area (Å²) in [6, 6.07) is 0. The maximum atomic E-state index is 6.60. The van der Waals surface area contributed by atoms with Gasteiger partial charge in [-0.1, -0.05) is 38.3 Å². The SMILES string of the molecule is [B]C([B])(C1CC2C3CCC(C3)C2C1)C(C)(C)CC. The number of rotatable bonds is 3. The van der Waals surface area contributed by atoms with Gasteiger partial charge in [0.15, 0.2) is 0 Å². The van der Waals surface area contributed by atoms with Crippen LogP contribution in [0.3, 0.4) is 0 Å². The Morgan fingerprint density at radius 2 is 1.44 bits per heavy atom. The van der Waals surface area contributed by atoms with E-state index in [9.17, 15) is 0 Å². The standard InChI is InChI=1S/C16H26B2/c1-4-15(2,3)16(17,18)12-8-13-10-5-6-11(7-10)14(13)9-12/h10-14H,4-9H2,1-3H3. The predicted octanol–water partition coefficient (Wildman–Crippen LogP) is 3.95. The van der Waals surface area contributed by atoms with Gasteiger partial charge in [0.1, 0.15) is 0 Å². The second kappa shape index (κ2) is 4.06. The first-order chi connectivity index (χ1) is 8.37. The molecule has 0 aromatic carbocycles. The fourth-order valence-corrected chi connectivity index (χ4v) is 5.27. The summed E-state index contributed by atoms with van der Waals surface area (Å²) in [4.78, 5) is 0. The van der Waals surface area contributed by atoms with Crippen molar-refractivity contribution in [2.24, 2.45) is 35.0 Å². The lowest BCUT2D eigenvalue weighted by Crippen LogP contribution is -2.38. The maximum absolute atomic E-state index is 6.60. The third kappa shape index (κ3) is 1.66. The summed E-state index contributed by atoms with van der Waals surface area (Å²) in [5, 5.41) is -0.481. The van der Waals surface area contributed by atoms with Crippen LogP contribution in [0, 0.1) is 35.0 Å². The minimum Gasteiger partial charge on any atom is -0.0913 e. The molecular formula is C16H26B2. The average molecular weight is 240 g/mol. The second-order valence-corrected chi connectivity index (χ2v) is 8.00. The van der Waals surface area contributed by atoms with E-state index in [0.29, 0.717) is 5.92 Å². The molecule has 3 saturated carbocycles. The number of hydrogen-bond donors (Lipinski definition) is 0. The van der Waals surface area contributed by atoms with Gasteiger partial charge < -0.3 is 0 Å².